The molecule has 5 rings (SSSR count). The molecule has 1 heterocycles. The van der Waals surface area contributed by atoms with Crippen LogP contribution in [0.5, 0.6) is 0 Å². The second-order valence-electron chi connectivity index (χ2n) is 7.92. The molecule has 0 aliphatic heterocycles. The van der Waals surface area contributed by atoms with Crippen LogP contribution in [0.2, 0.25) is 0 Å². The van der Waals surface area contributed by atoms with Crippen molar-refractivity contribution in [3.8, 4) is 0 Å². The van der Waals surface area contributed by atoms with Gasteiger partial charge in [-0.1, -0.05) is 0 Å². The Balaban J connectivity index is 1.27. The van der Waals surface area contributed by atoms with Gasteiger partial charge in [-0.25, -0.2) is 0 Å². The number of hydrogen-bond donors (Lipinski definition) is 3. The second kappa shape index (κ2) is 6.11. The van der Waals surface area contributed by atoms with Gasteiger partial charge in [0, 0.05) is 23.5 Å². The third-order valence-corrected chi connectivity index (χ3v) is 5.90. The zero-order chi connectivity index (χ0) is 16.6. The van der Waals surface area contributed by atoms with E-state index in [0.717, 1.165) is 42.7 Å². The molecule has 4 aliphatic carbocycles. The first-order valence-electron chi connectivity index (χ1n) is 9.00. The summed E-state index contributed by atoms with van der Waals surface area (Å²) in [5.41, 5.74) is 0.875. The Labute approximate surface area is 142 Å². The zero-order valence-corrected chi connectivity index (χ0v) is 13.9. The lowest BCUT2D eigenvalue weighted by atomic mass is 9.53. The fourth-order valence-electron chi connectivity index (χ4n) is 5.44. The summed E-state index contributed by atoms with van der Waals surface area (Å²) in [6.07, 6.45) is 12.4. The van der Waals surface area contributed by atoms with Crippen molar-refractivity contribution in [1.29, 1.82) is 0 Å². The number of rotatable bonds is 5. The highest BCUT2D eigenvalue weighted by Gasteiger charge is 2.51. The minimum atomic E-state index is -0.245. The Morgan fingerprint density at radius 1 is 1.17 bits per heavy atom. The number of aromatic nitrogens is 1. The fourth-order valence-corrected chi connectivity index (χ4v) is 5.44. The van der Waals surface area contributed by atoms with E-state index in [1.807, 2.05) is 12.1 Å². The van der Waals surface area contributed by atoms with E-state index in [4.69, 9.17) is 0 Å². The van der Waals surface area contributed by atoms with Crippen molar-refractivity contribution in [3.05, 3.63) is 30.1 Å². The minimum Gasteiger partial charge on any atom is -0.362 e. The topological polar surface area (TPSA) is 74.0 Å². The molecule has 1 aromatic heterocycles. The smallest absolute Gasteiger partial charge is 0.244 e. The molecule has 0 atom stereocenters. The van der Waals surface area contributed by atoms with E-state index < -0.39 is 0 Å². The summed E-state index contributed by atoms with van der Waals surface area (Å²) >= 11 is 0. The Morgan fingerprint density at radius 3 is 2.42 bits per heavy atom. The maximum atomic E-state index is 12.3. The molecule has 2 amide bonds. The van der Waals surface area contributed by atoms with E-state index in [9.17, 15) is 9.59 Å². The highest BCUT2D eigenvalue weighted by atomic mass is 16.2. The predicted molar refractivity (Wildman–Crippen MR) is 91.9 cm³/mol. The lowest BCUT2D eigenvalue weighted by Gasteiger charge is -2.56. The molecule has 0 spiro atoms. The minimum absolute atomic E-state index is 0.0106. The van der Waals surface area contributed by atoms with Crippen LogP contribution < -0.4 is 10.6 Å². The first-order valence-corrected chi connectivity index (χ1v) is 9.00. The van der Waals surface area contributed by atoms with E-state index in [2.05, 4.69) is 15.6 Å². The molecule has 3 N–H and O–H groups in total. The highest BCUT2D eigenvalue weighted by Crippen LogP contribution is 2.55. The van der Waals surface area contributed by atoms with Crippen LogP contribution in [0.25, 0.3) is 6.08 Å². The van der Waals surface area contributed by atoms with Crippen LogP contribution in [0.3, 0.4) is 0 Å². The van der Waals surface area contributed by atoms with E-state index in [1.54, 1.807) is 12.3 Å². The van der Waals surface area contributed by atoms with Gasteiger partial charge in [0.05, 0.1) is 6.54 Å². The van der Waals surface area contributed by atoms with Crippen molar-refractivity contribution in [3.63, 3.8) is 0 Å². The molecule has 4 bridgehead atoms. The summed E-state index contributed by atoms with van der Waals surface area (Å²) in [6, 6.07) is 3.75. The Morgan fingerprint density at radius 2 is 1.83 bits per heavy atom. The maximum Gasteiger partial charge on any atom is 0.244 e. The second-order valence-corrected chi connectivity index (χ2v) is 7.92. The van der Waals surface area contributed by atoms with Crippen molar-refractivity contribution in [2.75, 3.05) is 6.54 Å². The van der Waals surface area contributed by atoms with Gasteiger partial charge in [0.15, 0.2) is 0 Å². The first kappa shape index (κ1) is 15.5. The quantitative estimate of drug-likeness (QED) is 0.726. The van der Waals surface area contributed by atoms with Crippen LogP contribution in [-0.2, 0) is 9.59 Å². The first-order chi connectivity index (χ1) is 11.6. The summed E-state index contributed by atoms with van der Waals surface area (Å²) in [4.78, 5) is 27.1. The summed E-state index contributed by atoms with van der Waals surface area (Å²) in [5.74, 6) is 2.10. The molecular formula is C19H25N3O2. The van der Waals surface area contributed by atoms with E-state index in [0.29, 0.717) is 0 Å². The van der Waals surface area contributed by atoms with Crippen LogP contribution in [0.4, 0.5) is 0 Å². The number of carbonyl (C=O) groups is 2. The third-order valence-electron chi connectivity index (χ3n) is 5.90. The summed E-state index contributed by atoms with van der Waals surface area (Å²) in [5, 5.41) is 5.94. The lowest BCUT2D eigenvalue weighted by molar-refractivity contribution is -0.128. The van der Waals surface area contributed by atoms with Crippen LogP contribution in [0, 0.1) is 17.8 Å². The van der Waals surface area contributed by atoms with E-state index >= 15 is 0 Å². The van der Waals surface area contributed by atoms with Gasteiger partial charge >= 0.3 is 0 Å². The van der Waals surface area contributed by atoms with Crippen LogP contribution in [-0.4, -0.2) is 28.9 Å². The number of amides is 2. The molecule has 5 nitrogen and oxygen atoms in total. The number of nitrogens with one attached hydrogen (secondary N) is 3. The van der Waals surface area contributed by atoms with Crippen LogP contribution in [0.1, 0.15) is 44.2 Å². The molecule has 4 fully saturated rings. The lowest BCUT2D eigenvalue weighted by Crippen LogP contribution is -2.60. The predicted octanol–water partition coefficient (Wildman–Crippen LogP) is 2.23. The van der Waals surface area contributed by atoms with Crippen molar-refractivity contribution < 1.29 is 9.59 Å². The van der Waals surface area contributed by atoms with Gasteiger partial charge in [0.1, 0.15) is 0 Å². The van der Waals surface area contributed by atoms with Gasteiger partial charge in [-0.15, -0.1) is 0 Å². The number of hydrogen-bond acceptors (Lipinski definition) is 2. The average molecular weight is 327 g/mol. The molecular weight excluding hydrogens is 302 g/mol. The molecule has 0 unspecified atom stereocenters. The highest BCUT2D eigenvalue weighted by molar-refractivity contribution is 5.94. The fraction of sp³-hybridized carbons (Fsp3) is 0.579. The molecule has 0 radical (unpaired) electrons. The van der Waals surface area contributed by atoms with Crippen molar-refractivity contribution >= 4 is 17.9 Å². The zero-order valence-electron chi connectivity index (χ0n) is 13.9. The van der Waals surface area contributed by atoms with Gasteiger partial charge < -0.3 is 15.6 Å². The maximum absolute atomic E-state index is 12.3. The van der Waals surface area contributed by atoms with E-state index in [-0.39, 0.29) is 23.9 Å². The summed E-state index contributed by atoms with van der Waals surface area (Å²) < 4.78 is 0. The number of aromatic amines is 1. The number of carbonyl (C=O) groups excluding carboxylic acids is 2. The molecule has 1 aromatic rings. The normalized spacial score (nSPS) is 33.8. The van der Waals surface area contributed by atoms with E-state index in [1.165, 1.54) is 25.3 Å². The van der Waals surface area contributed by atoms with Gasteiger partial charge in [0.2, 0.25) is 11.8 Å². The van der Waals surface area contributed by atoms with Gasteiger partial charge in [-0.05, 0) is 74.5 Å². The van der Waals surface area contributed by atoms with Crippen LogP contribution in [0.15, 0.2) is 24.4 Å². The Hall–Kier alpha value is -2.04. The summed E-state index contributed by atoms with van der Waals surface area (Å²) in [6.45, 7) is 0.0512. The largest absolute Gasteiger partial charge is 0.362 e. The van der Waals surface area contributed by atoms with Crippen molar-refractivity contribution in [2.45, 2.75) is 44.1 Å². The molecule has 4 aliphatic rings. The molecule has 0 saturated heterocycles. The molecule has 5 heteroatoms. The van der Waals surface area contributed by atoms with Crippen LogP contribution >= 0.6 is 0 Å². The third kappa shape index (κ3) is 3.25. The van der Waals surface area contributed by atoms with Gasteiger partial charge in [-0.2, -0.15) is 0 Å². The SMILES string of the molecule is O=C(/C=C/c1ccc[nH]1)NCC(=O)NC12CC3CC(CC(C3)C1)C2. The molecule has 4 saturated carbocycles. The Kier molecular flexibility index (Phi) is 3.94. The monoisotopic (exact) mass is 327 g/mol. The number of H-pyrrole nitrogens is 1. The summed E-state index contributed by atoms with van der Waals surface area (Å²) in [7, 11) is 0. The standard InChI is InChI=1S/C19H25N3O2/c23-17(4-3-16-2-1-5-20-16)21-12-18(24)22-19-9-13-6-14(10-19)8-15(7-13)11-19/h1-5,13-15,20H,6-12H2,(H,21,23)(H,22,24)/b4-3+. The van der Waals surface area contributed by atoms with Crippen molar-refractivity contribution in [1.82, 2.24) is 15.6 Å². The molecule has 128 valence electrons. The van der Waals surface area contributed by atoms with Crippen molar-refractivity contribution in [2.24, 2.45) is 17.8 Å². The molecule has 0 aromatic carbocycles. The Bertz CT molecular complexity index is 612. The van der Waals surface area contributed by atoms with Gasteiger partial charge in [0.25, 0.3) is 0 Å². The molecule has 24 heavy (non-hydrogen) atoms. The van der Waals surface area contributed by atoms with Gasteiger partial charge in [-0.3, -0.25) is 9.59 Å². The average Bonchev–Trinajstić information content (AvgIpc) is 3.02.